The molecule has 11 heteroatoms. The highest BCUT2D eigenvalue weighted by Crippen LogP contribution is 2.43. The number of hydrogen-bond donors (Lipinski definition) is 2. The van der Waals surface area contributed by atoms with E-state index in [1.165, 1.54) is 77.0 Å². The number of nitrogens with zero attached hydrogens (tertiary/aromatic N) is 1. The molecule has 61 heavy (non-hydrogen) atoms. The van der Waals surface area contributed by atoms with E-state index in [0.29, 0.717) is 36.7 Å². The monoisotopic (exact) mass is 879 g/mol. The van der Waals surface area contributed by atoms with Crippen LogP contribution in [0, 0.1) is 0 Å². The number of carbonyl (C=O) groups is 2. The number of ether oxygens (including phenoxy) is 2. The summed E-state index contributed by atoms with van der Waals surface area (Å²) in [6.07, 6.45) is 48.4. The van der Waals surface area contributed by atoms with Gasteiger partial charge in [-0.1, -0.05) is 157 Å². The number of esters is 2. The third kappa shape index (κ3) is 45.3. The van der Waals surface area contributed by atoms with Crippen molar-refractivity contribution in [2.45, 2.75) is 187 Å². The van der Waals surface area contributed by atoms with E-state index in [1.54, 1.807) is 6.08 Å². The van der Waals surface area contributed by atoms with Gasteiger partial charge in [0.15, 0.2) is 6.10 Å². The number of phosphoric ester groups is 1. The Hall–Kier alpha value is -2.59. The summed E-state index contributed by atoms with van der Waals surface area (Å²) in [5, 5.41) is 10.1. The zero-order valence-electron chi connectivity index (χ0n) is 39.2. The molecule has 0 radical (unpaired) electrons. The molecule has 0 saturated heterocycles. The van der Waals surface area contributed by atoms with Crippen molar-refractivity contribution in [3.63, 3.8) is 0 Å². The second-order valence-electron chi connectivity index (χ2n) is 17.0. The Kier molecular flexibility index (Phi) is 39.7. The van der Waals surface area contributed by atoms with E-state index in [-0.39, 0.29) is 26.1 Å². The molecular weight excluding hydrogens is 790 g/mol. The van der Waals surface area contributed by atoms with E-state index in [1.807, 2.05) is 57.6 Å². The van der Waals surface area contributed by atoms with Gasteiger partial charge in [-0.05, 0) is 77.0 Å². The van der Waals surface area contributed by atoms with Crippen molar-refractivity contribution in [3.8, 4) is 0 Å². The van der Waals surface area contributed by atoms with Crippen LogP contribution in [0.5, 0.6) is 0 Å². The van der Waals surface area contributed by atoms with Crippen LogP contribution in [-0.4, -0.2) is 86.1 Å². The third-order valence-electron chi connectivity index (χ3n) is 9.79. The fraction of sp³-hybridized carbons (Fsp3) is 0.720. The first kappa shape index (κ1) is 58.4. The highest BCUT2D eigenvalue weighted by molar-refractivity contribution is 7.47. The van der Waals surface area contributed by atoms with Gasteiger partial charge in [0, 0.05) is 12.8 Å². The van der Waals surface area contributed by atoms with Crippen LogP contribution < -0.4 is 0 Å². The van der Waals surface area contributed by atoms with Gasteiger partial charge in [0.1, 0.15) is 19.8 Å². The molecule has 0 saturated carbocycles. The van der Waals surface area contributed by atoms with Gasteiger partial charge in [-0.2, -0.15) is 0 Å². The van der Waals surface area contributed by atoms with E-state index in [9.17, 15) is 24.2 Å². The zero-order chi connectivity index (χ0) is 45.1. The topological polar surface area (TPSA) is 129 Å². The smallest absolute Gasteiger partial charge is 0.462 e. The average molecular weight is 879 g/mol. The fourth-order valence-electron chi connectivity index (χ4n) is 6.00. The number of likely N-dealkylation sites (N-methyl/N-ethyl adjacent to an activating group) is 1. The van der Waals surface area contributed by atoms with E-state index in [4.69, 9.17) is 18.5 Å². The van der Waals surface area contributed by atoms with Crippen LogP contribution in [0.1, 0.15) is 174 Å². The maximum atomic E-state index is 12.7. The van der Waals surface area contributed by atoms with Gasteiger partial charge in [0.25, 0.3) is 0 Å². The second-order valence-corrected chi connectivity index (χ2v) is 18.4. The summed E-state index contributed by atoms with van der Waals surface area (Å²) in [5.41, 5.74) is 0. The van der Waals surface area contributed by atoms with Gasteiger partial charge in [-0.15, -0.1) is 0 Å². The lowest BCUT2D eigenvalue weighted by Gasteiger charge is -2.24. The number of carbonyl (C=O) groups excluding carboxylic acids is 2. The van der Waals surface area contributed by atoms with Crippen LogP contribution in [0.3, 0.4) is 0 Å². The molecule has 0 aliphatic heterocycles. The molecule has 10 nitrogen and oxygen atoms in total. The second kappa shape index (κ2) is 41.4. The SMILES string of the molecule is CCCCC/C=C\C/C=C\CCCCCCCCCCCC(=O)OC[C@H](COP(=O)(O)OCC[N+](C)(C)C)OC(=O)CCC/C=C\C/C=C\C=C\[C@@H](O)C/C=C\CCCCC. The Morgan fingerprint density at radius 3 is 1.69 bits per heavy atom. The molecule has 0 aliphatic carbocycles. The zero-order valence-corrected chi connectivity index (χ0v) is 40.1. The minimum atomic E-state index is -4.41. The fourth-order valence-corrected chi connectivity index (χ4v) is 6.74. The molecule has 0 rings (SSSR count). The normalized spacial score (nSPS) is 14.7. The van der Waals surface area contributed by atoms with E-state index in [2.05, 4.69) is 44.2 Å². The minimum absolute atomic E-state index is 0.00650. The Morgan fingerprint density at radius 2 is 1.10 bits per heavy atom. The average Bonchev–Trinajstić information content (AvgIpc) is 3.21. The highest BCUT2D eigenvalue weighted by Gasteiger charge is 2.27. The maximum absolute atomic E-state index is 12.7. The van der Waals surface area contributed by atoms with Gasteiger partial charge < -0.3 is 24.0 Å². The van der Waals surface area contributed by atoms with Crippen molar-refractivity contribution < 1.29 is 47.2 Å². The van der Waals surface area contributed by atoms with Gasteiger partial charge in [0.2, 0.25) is 0 Å². The maximum Gasteiger partial charge on any atom is 0.472 e. The summed E-state index contributed by atoms with van der Waals surface area (Å²) in [7, 11) is 1.39. The first-order valence-electron chi connectivity index (χ1n) is 23.8. The molecule has 0 aromatic rings. The minimum Gasteiger partial charge on any atom is -0.462 e. The van der Waals surface area contributed by atoms with Gasteiger partial charge in [0.05, 0.1) is 33.9 Å². The standard InChI is InChI=1S/C50H88NO9P/c1-6-8-10-12-14-15-16-17-18-19-20-21-22-23-24-25-29-33-37-41-49(53)57-45-48(46-59-61(55,56)58-44-43-51(3,4)5)60-50(54)42-38-34-30-27-26-28-32-36-40-47(52)39-35-31-13-11-9-7-2/h14-15,17-18,27-28,30-32,35-36,40,47-48,52H,6-13,16,19-26,29,33-34,37-39,41-46H2,1-5H3/p+1/b15-14-,18-17-,30-27-,32-28-,35-31-,40-36+/t47-,48+/m0/s1. The van der Waals surface area contributed by atoms with E-state index in [0.717, 1.165) is 44.9 Å². The largest absolute Gasteiger partial charge is 0.472 e. The lowest BCUT2D eigenvalue weighted by Crippen LogP contribution is -2.37. The molecule has 1 unspecified atom stereocenters. The van der Waals surface area contributed by atoms with Crippen LogP contribution in [0.2, 0.25) is 0 Å². The Bertz CT molecular complexity index is 1280. The third-order valence-corrected chi connectivity index (χ3v) is 10.8. The number of aliphatic hydroxyl groups excluding tert-OH is 1. The highest BCUT2D eigenvalue weighted by atomic mass is 31.2. The lowest BCUT2D eigenvalue weighted by atomic mass is 10.1. The molecule has 0 aromatic carbocycles. The number of aliphatic hydroxyl groups is 1. The molecule has 0 aliphatic rings. The Morgan fingerprint density at radius 1 is 0.590 bits per heavy atom. The molecule has 2 N–H and O–H groups in total. The van der Waals surface area contributed by atoms with Gasteiger partial charge in [-0.3, -0.25) is 18.6 Å². The molecule has 0 heterocycles. The number of quaternary nitrogens is 1. The first-order valence-corrected chi connectivity index (χ1v) is 25.3. The summed E-state index contributed by atoms with van der Waals surface area (Å²) in [6.45, 7) is 4.20. The Labute approximate surface area is 372 Å². The summed E-state index contributed by atoms with van der Waals surface area (Å²) in [5.74, 6) is -0.912. The molecule has 352 valence electrons. The van der Waals surface area contributed by atoms with Crippen molar-refractivity contribution in [2.24, 2.45) is 0 Å². The molecule has 0 fully saturated rings. The molecular formula is C50H89NO9P+. The predicted octanol–water partition coefficient (Wildman–Crippen LogP) is 12.8. The number of phosphoric acid groups is 1. The van der Waals surface area contributed by atoms with Crippen LogP contribution >= 0.6 is 7.82 Å². The Balaban J connectivity index is 4.47. The quantitative estimate of drug-likeness (QED) is 0.0154. The van der Waals surface area contributed by atoms with Crippen LogP contribution in [0.25, 0.3) is 0 Å². The first-order chi connectivity index (χ1) is 29.4. The summed E-state index contributed by atoms with van der Waals surface area (Å²) in [6, 6.07) is 0. The van der Waals surface area contributed by atoms with Crippen LogP contribution in [0.4, 0.5) is 0 Å². The summed E-state index contributed by atoms with van der Waals surface area (Å²) in [4.78, 5) is 35.4. The molecule has 0 aromatic heterocycles. The summed E-state index contributed by atoms with van der Waals surface area (Å²) >= 11 is 0. The van der Waals surface area contributed by atoms with E-state index < -0.39 is 38.6 Å². The van der Waals surface area contributed by atoms with Crippen molar-refractivity contribution in [1.29, 1.82) is 0 Å². The van der Waals surface area contributed by atoms with Crippen LogP contribution in [-0.2, 0) is 32.7 Å². The van der Waals surface area contributed by atoms with Gasteiger partial charge in [-0.25, -0.2) is 4.57 Å². The molecule has 0 amide bonds. The van der Waals surface area contributed by atoms with Crippen molar-refractivity contribution in [1.82, 2.24) is 0 Å². The van der Waals surface area contributed by atoms with Crippen molar-refractivity contribution >= 4 is 19.8 Å². The van der Waals surface area contributed by atoms with E-state index >= 15 is 0 Å². The predicted molar refractivity (Wildman–Crippen MR) is 253 cm³/mol. The molecule has 0 bridgehead atoms. The van der Waals surface area contributed by atoms with Crippen molar-refractivity contribution in [3.05, 3.63) is 72.9 Å². The number of rotatable bonds is 42. The number of allylic oxidation sites excluding steroid dienone is 10. The number of hydrogen-bond acceptors (Lipinski definition) is 8. The molecule has 0 spiro atoms. The van der Waals surface area contributed by atoms with Crippen molar-refractivity contribution in [2.75, 3.05) is 47.5 Å². The molecule has 3 atom stereocenters. The summed E-state index contributed by atoms with van der Waals surface area (Å²) < 4.78 is 34.3. The van der Waals surface area contributed by atoms with Gasteiger partial charge >= 0.3 is 19.8 Å². The lowest BCUT2D eigenvalue weighted by molar-refractivity contribution is -0.870. The van der Waals surface area contributed by atoms with Crippen LogP contribution in [0.15, 0.2) is 72.9 Å². The number of unbranched alkanes of at least 4 members (excludes halogenated alkanes) is 16.